The van der Waals surface area contributed by atoms with Gasteiger partial charge in [-0.3, -0.25) is 9.36 Å². The number of rotatable bonds is 9. The molecule has 0 amide bonds. The molecule has 0 aliphatic rings. The molecule has 3 rings (SSSR count). The third-order valence-electron chi connectivity index (χ3n) is 4.97. The summed E-state index contributed by atoms with van der Waals surface area (Å²) < 4.78 is 4.02. The lowest BCUT2D eigenvalue weighted by Crippen LogP contribution is -2.40. The standard InChI is InChI=1S/C23H33N7/c1-5-24-23(25-14-18(2)16-30-20(4)13-19(3)28-30)26-15-21-9-6-7-10-22(21)17-29-12-8-11-27-29/h6-13,18H,5,14-17H2,1-4H3,(H2,24,25,26). The van der Waals surface area contributed by atoms with E-state index in [1.807, 2.05) is 23.9 Å². The van der Waals surface area contributed by atoms with Gasteiger partial charge in [-0.2, -0.15) is 10.2 Å². The molecule has 2 aromatic heterocycles. The van der Waals surface area contributed by atoms with Crippen LogP contribution in [-0.2, 0) is 19.6 Å². The molecule has 0 aliphatic heterocycles. The summed E-state index contributed by atoms with van der Waals surface area (Å²) in [4.78, 5) is 4.82. The molecule has 0 fully saturated rings. The van der Waals surface area contributed by atoms with Gasteiger partial charge in [0.15, 0.2) is 5.96 Å². The van der Waals surface area contributed by atoms with Gasteiger partial charge >= 0.3 is 0 Å². The van der Waals surface area contributed by atoms with E-state index < -0.39 is 0 Å². The summed E-state index contributed by atoms with van der Waals surface area (Å²) in [6, 6.07) is 12.5. The minimum Gasteiger partial charge on any atom is -0.357 e. The van der Waals surface area contributed by atoms with Crippen LogP contribution in [0.25, 0.3) is 0 Å². The first-order valence-corrected chi connectivity index (χ1v) is 10.6. The smallest absolute Gasteiger partial charge is 0.191 e. The summed E-state index contributed by atoms with van der Waals surface area (Å²) >= 11 is 0. The molecular formula is C23H33N7. The first kappa shape index (κ1) is 21.6. The van der Waals surface area contributed by atoms with E-state index in [0.29, 0.717) is 12.5 Å². The summed E-state index contributed by atoms with van der Waals surface area (Å²) in [5.74, 6) is 1.27. The molecule has 0 saturated heterocycles. The largest absolute Gasteiger partial charge is 0.357 e. The lowest BCUT2D eigenvalue weighted by atomic mass is 10.1. The fourth-order valence-electron chi connectivity index (χ4n) is 3.43. The molecule has 30 heavy (non-hydrogen) atoms. The van der Waals surface area contributed by atoms with Crippen LogP contribution >= 0.6 is 0 Å². The van der Waals surface area contributed by atoms with Crippen molar-refractivity contribution in [1.82, 2.24) is 30.2 Å². The monoisotopic (exact) mass is 407 g/mol. The normalized spacial score (nSPS) is 12.7. The van der Waals surface area contributed by atoms with Crippen LogP contribution in [-0.4, -0.2) is 38.6 Å². The van der Waals surface area contributed by atoms with Gasteiger partial charge in [0, 0.05) is 37.7 Å². The van der Waals surface area contributed by atoms with Crippen molar-refractivity contribution in [3.63, 3.8) is 0 Å². The molecule has 1 unspecified atom stereocenters. The van der Waals surface area contributed by atoms with E-state index in [4.69, 9.17) is 4.99 Å². The summed E-state index contributed by atoms with van der Waals surface area (Å²) in [6.07, 6.45) is 3.79. The lowest BCUT2D eigenvalue weighted by Gasteiger charge is -2.17. The number of nitrogens with zero attached hydrogens (tertiary/aromatic N) is 5. The van der Waals surface area contributed by atoms with E-state index in [1.165, 1.54) is 16.8 Å². The van der Waals surface area contributed by atoms with Crippen molar-refractivity contribution in [3.05, 3.63) is 71.3 Å². The SMILES string of the molecule is CCNC(=NCc1ccccc1Cn1cccn1)NCC(C)Cn1nc(C)cc1C. The Morgan fingerprint density at radius 2 is 1.93 bits per heavy atom. The van der Waals surface area contributed by atoms with Crippen molar-refractivity contribution < 1.29 is 0 Å². The van der Waals surface area contributed by atoms with Gasteiger partial charge in [0.05, 0.1) is 18.8 Å². The first-order valence-electron chi connectivity index (χ1n) is 10.6. The van der Waals surface area contributed by atoms with Gasteiger partial charge in [-0.1, -0.05) is 31.2 Å². The van der Waals surface area contributed by atoms with Crippen molar-refractivity contribution >= 4 is 5.96 Å². The van der Waals surface area contributed by atoms with Crippen LogP contribution in [0, 0.1) is 19.8 Å². The van der Waals surface area contributed by atoms with Crippen molar-refractivity contribution in [1.29, 1.82) is 0 Å². The quantitative estimate of drug-likeness (QED) is 0.422. The molecule has 0 saturated carbocycles. The number of aryl methyl sites for hydroxylation is 2. The molecule has 1 aromatic carbocycles. The highest BCUT2D eigenvalue weighted by Crippen LogP contribution is 2.12. The highest BCUT2D eigenvalue weighted by Gasteiger charge is 2.09. The number of hydrogen-bond donors (Lipinski definition) is 2. The minimum atomic E-state index is 0.430. The molecule has 7 heteroatoms. The van der Waals surface area contributed by atoms with Gasteiger partial charge < -0.3 is 10.6 Å². The van der Waals surface area contributed by atoms with E-state index >= 15 is 0 Å². The predicted octanol–water partition coefficient (Wildman–Crippen LogP) is 3.14. The van der Waals surface area contributed by atoms with E-state index in [0.717, 1.165) is 37.8 Å². The van der Waals surface area contributed by atoms with E-state index in [2.05, 4.69) is 76.6 Å². The van der Waals surface area contributed by atoms with Gasteiger partial charge in [0.2, 0.25) is 0 Å². The van der Waals surface area contributed by atoms with E-state index in [9.17, 15) is 0 Å². The molecule has 7 nitrogen and oxygen atoms in total. The maximum Gasteiger partial charge on any atom is 0.191 e. The van der Waals surface area contributed by atoms with Crippen LogP contribution in [0.3, 0.4) is 0 Å². The maximum absolute atomic E-state index is 4.82. The van der Waals surface area contributed by atoms with E-state index in [1.54, 1.807) is 6.20 Å². The Morgan fingerprint density at radius 3 is 2.60 bits per heavy atom. The number of hydrogen-bond acceptors (Lipinski definition) is 3. The Morgan fingerprint density at radius 1 is 1.13 bits per heavy atom. The Balaban J connectivity index is 1.60. The van der Waals surface area contributed by atoms with Gasteiger partial charge in [0.1, 0.15) is 0 Å². The van der Waals surface area contributed by atoms with Gasteiger partial charge in [-0.25, -0.2) is 4.99 Å². The highest BCUT2D eigenvalue weighted by atomic mass is 15.3. The Labute approximate surface area is 179 Å². The molecule has 1 atom stereocenters. The Bertz CT molecular complexity index is 940. The minimum absolute atomic E-state index is 0.430. The topological polar surface area (TPSA) is 72.1 Å². The molecule has 0 aliphatic carbocycles. The zero-order chi connectivity index (χ0) is 21.3. The fourth-order valence-corrected chi connectivity index (χ4v) is 3.43. The zero-order valence-corrected chi connectivity index (χ0v) is 18.5. The number of nitrogens with one attached hydrogen (secondary N) is 2. The highest BCUT2D eigenvalue weighted by molar-refractivity contribution is 5.79. The number of benzene rings is 1. The van der Waals surface area contributed by atoms with Crippen LogP contribution in [0.4, 0.5) is 0 Å². The van der Waals surface area contributed by atoms with Crippen LogP contribution in [0.15, 0.2) is 53.8 Å². The van der Waals surface area contributed by atoms with Crippen molar-refractivity contribution in [2.75, 3.05) is 13.1 Å². The molecule has 0 bridgehead atoms. The predicted molar refractivity (Wildman–Crippen MR) is 121 cm³/mol. The average Bonchev–Trinajstić information content (AvgIpc) is 3.34. The molecule has 2 N–H and O–H groups in total. The van der Waals surface area contributed by atoms with Crippen LogP contribution in [0.2, 0.25) is 0 Å². The third kappa shape index (κ3) is 6.20. The van der Waals surface area contributed by atoms with Gasteiger partial charge in [0.25, 0.3) is 0 Å². The molecule has 0 radical (unpaired) electrons. The molecule has 2 heterocycles. The lowest BCUT2D eigenvalue weighted by molar-refractivity contribution is 0.436. The first-order chi connectivity index (χ1) is 14.5. The second kappa shape index (κ2) is 10.6. The Kier molecular flexibility index (Phi) is 7.65. The summed E-state index contributed by atoms with van der Waals surface area (Å²) in [5, 5.41) is 15.7. The number of aliphatic imine (C=N–C) groups is 1. The molecule has 0 spiro atoms. The zero-order valence-electron chi connectivity index (χ0n) is 18.5. The second-order valence-electron chi connectivity index (χ2n) is 7.76. The van der Waals surface area contributed by atoms with Crippen LogP contribution in [0.5, 0.6) is 0 Å². The van der Waals surface area contributed by atoms with E-state index in [-0.39, 0.29) is 0 Å². The average molecular weight is 408 g/mol. The van der Waals surface area contributed by atoms with Gasteiger partial charge in [-0.15, -0.1) is 0 Å². The van der Waals surface area contributed by atoms with Gasteiger partial charge in [-0.05, 0) is 49.9 Å². The molecule has 3 aromatic rings. The van der Waals surface area contributed by atoms with Crippen molar-refractivity contribution in [2.24, 2.45) is 10.9 Å². The molecule has 160 valence electrons. The van der Waals surface area contributed by atoms with Crippen LogP contribution in [0.1, 0.15) is 36.4 Å². The Hall–Kier alpha value is -3.09. The summed E-state index contributed by atoms with van der Waals surface area (Å²) in [6.45, 7) is 12.4. The molecular weight excluding hydrogens is 374 g/mol. The maximum atomic E-state index is 4.82. The van der Waals surface area contributed by atoms with Crippen molar-refractivity contribution in [3.8, 4) is 0 Å². The number of guanidine groups is 1. The van der Waals surface area contributed by atoms with Crippen molar-refractivity contribution in [2.45, 2.75) is 47.3 Å². The van der Waals surface area contributed by atoms with Crippen LogP contribution < -0.4 is 10.6 Å². The summed E-state index contributed by atoms with van der Waals surface area (Å²) in [5.41, 5.74) is 4.71. The summed E-state index contributed by atoms with van der Waals surface area (Å²) in [7, 11) is 0. The second-order valence-corrected chi connectivity index (χ2v) is 7.76. The fraction of sp³-hybridized carbons (Fsp3) is 0.435. The third-order valence-corrected chi connectivity index (χ3v) is 4.97. The number of aromatic nitrogens is 4.